The number of hydrogen-bond acceptors (Lipinski definition) is 8. The van der Waals surface area contributed by atoms with Gasteiger partial charge in [0, 0.05) is 24.2 Å². The Kier molecular flexibility index (Phi) is 9.51. The molecule has 5 atom stereocenters. The van der Waals surface area contributed by atoms with Gasteiger partial charge < -0.3 is 18.9 Å². The maximum atomic E-state index is 12.3. The highest BCUT2D eigenvalue weighted by molar-refractivity contribution is 5.62. The number of nitro groups is 1. The molecule has 0 amide bonds. The van der Waals surface area contributed by atoms with Crippen LogP contribution in [-0.4, -0.2) is 41.6 Å². The number of carbonyl (C=O) groups excluding carboxylic acids is 2. The summed E-state index contributed by atoms with van der Waals surface area (Å²) in [4.78, 5) is 35.0. The molecule has 192 valence electrons. The van der Waals surface area contributed by atoms with Crippen molar-refractivity contribution >= 4 is 12.3 Å². The zero-order valence-electron chi connectivity index (χ0n) is 20.6. The van der Waals surface area contributed by atoms with Crippen LogP contribution in [0.15, 0.2) is 47.3 Å². The van der Waals surface area contributed by atoms with E-state index in [1.807, 2.05) is 32.9 Å². The molecule has 0 aromatic rings. The Hall–Kier alpha value is -3.10. The van der Waals surface area contributed by atoms with E-state index in [2.05, 4.69) is 0 Å². The molecule has 9 nitrogen and oxygen atoms in total. The average Bonchev–Trinajstić information content (AvgIpc) is 3.06. The number of rotatable bonds is 7. The molecule has 3 rings (SSSR count). The lowest BCUT2D eigenvalue weighted by molar-refractivity contribution is -0.510. The first-order chi connectivity index (χ1) is 16.7. The molecule has 0 fully saturated rings. The number of allylic oxidation sites excluding steroid dienone is 5. The fourth-order valence-electron chi connectivity index (χ4n) is 4.48. The fourth-order valence-corrected chi connectivity index (χ4v) is 4.48. The predicted octanol–water partition coefficient (Wildman–Crippen LogP) is 6.17. The summed E-state index contributed by atoms with van der Waals surface area (Å²) in [7, 11) is 0. The normalized spacial score (nSPS) is 26.1. The minimum Gasteiger partial charge on any atom is -0.431 e. The van der Waals surface area contributed by atoms with Crippen LogP contribution in [0.2, 0.25) is 0 Å². The first-order valence-corrected chi connectivity index (χ1v) is 12.3. The third-order valence-corrected chi connectivity index (χ3v) is 6.84. The van der Waals surface area contributed by atoms with Crippen LogP contribution in [0, 0.1) is 16.0 Å². The molecule has 0 aliphatic heterocycles. The third-order valence-electron chi connectivity index (χ3n) is 6.84. The molecule has 3 aliphatic carbocycles. The Morgan fingerprint density at radius 2 is 1.83 bits per heavy atom. The quantitative estimate of drug-likeness (QED) is 0.180. The highest BCUT2D eigenvalue weighted by Crippen LogP contribution is 2.31. The molecule has 9 heteroatoms. The molecule has 0 heterocycles. The Morgan fingerprint density at radius 3 is 2.49 bits per heavy atom. The second-order valence-electron chi connectivity index (χ2n) is 9.48. The van der Waals surface area contributed by atoms with Gasteiger partial charge in [0.2, 0.25) is 6.04 Å². The second kappa shape index (κ2) is 12.6. The summed E-state index contributed by atoms with van der Waals surface area (Å²) in [5.41, 5.74) is 2.27. The molecule has 0 spiro atoms. The van der Waals surface area contributed by atoms with Crippen molar-refractivity contribution in [1.29, 1.82) is 0 Å². The summed E-state index contributed by atoms with van der Waals surface area (Å²) >= 11 is 0. The van der Waals surface area contributed by atoms with Crippen molar-refractivity contribution < 1.29 is 33.5 Å². The first-order valence-electron chi connectivity index (χ1n) is 12.3. The van der Waals surface area contributed by atoms with E-state index in [9.17, 15) is 19.7 Å². The van der Waals surface area contributed by atoms with Crippen LogP contribution in [0.4, 0.5) is 9.59 Å². The lowest BCUT2D eigenvalue weighted by atomic mass is 9.85. The van der Waals surface area contributed by atoms with Gasteiger partial charge in [0.25, 0.3) is 0 Å². The van der Waals surface area contributed by atoms with E-state index in [0.717, 1.165) is 24.8 Å². The van der Waals surface area contributed by atoms with Crippen molar-refractivity contribution in [2.75, 3.05) is 0 Å². The highest BCUT2D eigenvalue weighted by Gasteiger charge is 2.29. The molecule has 5 unspecified atom stereocenters. The molecule has 0 N–H and O–H groups in total. The summed E-state index contributed by atoms with van der Waals surface area (Å²) in [6, 6.07) is -0.735. The van der Waals surface area contributed by atoms with Crippen molar-refractivity contribution in [2.45, 2.75) is 96.5 Å². The summed E-state index contributed by atoms with van der Waals surface area (Å²) < 4.78 is 21.7. The number of carbonyl (C=O) groups is 2. The van der Waals surface area contributed by atoms with Crippen LogP contribution < -0.4 is 0 Å². The first kappa shape index (κ1) is 26.5. The zero-order valence-corrected chi connectivity index (χ0v) is 20.6. The van der Waals surface area contributed by atoms with E-state index in [-0.39, 0.29) is 16.9 Å². The highest BCUT2D eigenvalue weighted by atomic mass is 16.7. The molecule has 35 heavy (non-hydrogen) atoms. The minimum absolute atomic E-state index is 0.126. The number of ether oxygens (including phenoxy) is 4. The molecule has 0 bridgehead atoms. The molecule has 0 radical (unpaired) electrons. The summed E-state index contributed by atoms with van der Waals surface area (Å²) in [6.07, 6.45) is 11.4. The Balaban J connectivity index is 1.40. The lowest BCUT2D eigenvalue weighted by Crippen LogP contribution is -2.29. The van der Waals surface area contributed by atoms with E-state index in [1.54, 1.807) is 18.2 Å². The average molecular weight is 490 g/mol. The van der Waals surface area contributed by atoms with E-state index < -0.39 is 30.6 Å². The maximum Gasteiger partial charge on any atom is 0.514 e. The van der Waals surface area contributed by atoms with E-state index in [1.165, 1.54) is 5.57 Å². The maximum absolute atomic E-state index is 12.3. The molecule has 0 aromatic carbocycles. The molecular formula is C26H35NO8. The molecule has 0 aromatic heterocycles. The zero-order chi connectivity index (χ0) is 25.4. The van der Waals surface area contributed by atoms with Crippen LogP contribution in [0.25, 0.3) is 0 Å². The minimum atomic E-state index is -0.744. The SMILES string of the molecule is CC1=CC=C(OC(=O)OC(C)C2=CCC(C(C)OC(=O)OC3CC=CC([N+](=O)[O-])CC3)CC2)CC1. The Morgan fingerprint density at radius 1 is 1.03 bits per heavy atom. The van der Waals surface area contributed by atoms with Gasteiger partial charge >= 0.3 is 12.3 Å². The van der Waals surface area contributed by atoms with Gasteiger partial charge in [0.05, 0.1) is 0 Å². The van der Waals surface area contributed by atoms with Crippen molar-refractivity contribution in [3.8, 4) is 0 Å². The van der Waals surface area contributed by atoms with Crippen molar-refractivity contribution in [2.24, 2.45) is 5.92 Å². The Labute approximate surface area is 206 Å². The second-order valence-corrected chi connectivity index (χ2v) is 9.48. The van der Waals surface area contributed by atoms with Crippen LogP contribution in [0.1, 0.15) is 72.1 Å². The van der Waals surface area contributed by atoms with Gasteiger partial charge in [-0.1, -0.05) is 23.8 Å². The van der Waals surface area contributed by atoms with E-state index in [0.29, 0.717) is 37.9 Å². The number of hydrogen-bond donors (Lipinski definition) is 0. The molecule has 0 saturated heterocycles. The summed E-state index contributed by atoms with van der Waals surface area (Å²) in [5.74, 6) is 0.738. The van der Waals surface area contributed by atoms with Gasteiger partial charge in [0.15, 0.2) is 0 Å². The largest absolute Gasteiger partial charge is 0.514 e. The third kappa shape index (κ3) is 8.26. The van der Waals surface area contributed by atoms with E-state index in [4.69, 9.17) is 18.9 Å². The van der Waals surface area contributed by atoms with Crippen LogP contribution in [0.5, 0.6) is 0 Å². The summed E-state index contributed by atoms with van der Waals surface area (Å²) in [6.45, 7) is 5.71. The van der Waals surface area contributed by atoms with Gasteiger partial charge in [-0.3, -0.25) is 10.1 Å². The van der Waals surface area contributed by atoms with Crippen molar-refractivity contribution in [1.82, 2.24) is 0 Å². The standard InChI is InChI=1S/C26H35NO8/c1-17-7-14-24(15-8-17)35-26(29)33-19(3)21-11-9-20(10-12-21)18(2)32-25(28)34-23-6-4-5-22(13-16-23)27(30)31/h4-5,7,11,14,18-20,22-23H,6,8-10,12-13,15-16H2,1-3H3. The smallest absolute Gasteiger partial charge is 0.431 e. The molecular weight excluding hydrogens is 454 g/mol. The van der Waals surface area contributed by atoms with Crippen molar-refractivity contribution in [3.63, 3.8) is 0 Å². The van der Waals surface area contributed by atoms with Gasteiger partial charge in [-0.15, -0.1) is 0 Å². The van der Waals surface area contributed by atoms with Gasteiger partial charge in [-0.2, -0.15) is 0 Å². The van der Waals surface area contributed by atoms with Gasteiger partial charge in [0.1, 0.15) is 24.1 Å². The van der Waals surface area contributed by atoms with Crippen LogP contribution in [-0.2, 0) is 18.9 Å². The number of nitrogens with zero attached hydrogens (tertiary/aromatic N) is 1. The summed E-state index contributed by atoms with van der Waals surface area (Å²) in [5, 5.41) is 10.9. The van der Waals surface area contributed by atoms with Crippen molar-refractivity contribution in [3.05, 3.63) is 57.4 Å². The monoisotopic (exact) mass is 489 g/mol. The van der Waals surface area contributed by atoms with Gasteiger partial charge in [-0.05, 0) is 76.5 Å². The van der Waals surface area contributed by atoms with Gasteiger partial charge in [-0.25, -0.2) is 9.59 Å². The Bertz CT molecular complexity index is 918. The fraction of sp³-hybridized carbons (Fsp3) is 0.615. The predicted molar refractivity (Wildman–Crippen MR) is 128 cm³/mol. The molecule has 0 saturated carbocycles. The van der Waals surface area contributed by atoms with Crippen LogP contribution in [0.3, 0.4) is 0 Å². The lowest BCUT2D eigenvalue weighted by Gasteiger charge is -2.29. The van der Waals surface area contributed by atoms with Crippen LogP contribution >= 0.6 is 0 Å². The molecule has 3 aliphatic rings. The topological polar surface area (TPSA) is 114 Å². The van der Waals surface area contributed by atoms with E-state index >= 15 is 0 Å².